The maximum absolute atomic E-state index is 9.81. The van der Waals surface area contributed by atoms with E-state index in [0.29, 0.717) is 5.75 Å². The Morgan fingerprint density at radius 1 is 1.24 bits per heavy atom. The highest BCUT2D eigenvalue weighted by Gasteiger charge is 2.17. The molecule has 0 amide bonds. The molecule has 0 bridgehead atoms. The summed E-state index contributed by atoms with van der Waals surface area (Å²) in [7, 11) is 0. The lowest BCUT2D eigenvalue weighted by Gasteiger charge is -2.21. The zero-order valence-corrected chi connectivity index (χ0v) is 11.2. The van der Waals surface area contributed by atoms with Gasteiger partial charge in [-0.05, 0) is 74.9 Å². The molecule has 0 spiro atoms. The van der Waals surface area contributed by atoms with Gasteiger partial charge in [-0.2, -0.15) is 0 Å². The van der Waals surface area contributed by atoms with Crippen LogP contribution in [0.1, 0.15) is 37.0 Å². The molecule has 0 aliphatic rings. The third kappa shape index (κ3) is 3.60. The smallest absolute Gasteiger partial charge is 0.116 e. The summed E-state index contributed by atoms with van der Waals surface area (Å²) in [4.78, 5) is 0. The molecule has 0 heterocycles. The van der Waals surface area contributed by atoms with E-state index >= 15 is 0 Å². The first-order chi connectivity index (χ1) is 7.71. The lowest BCUT2D eigenvalue weighted by atomic mass is 9.91. The van der Waals surface area contributed by atoms with Crippen LogP contribution in [-0.2, 0) is 6.42 Å². The first-order valence-corrected chi connectivity index (χ1v) is 5.91. The molecule has 2 N–H and O–H groups in total. The van der Waals surface area contributed by atoms with Crippen LogP contribution < -0.4 is 0 Å². The van der Waals surface area contributed by atoms with E-state index in [0.717, 1.165) is 29.5 Å². The monoisotopic (exact) mass is 234 g/mol. The molecule has 17 heavy (non-hydrogen) atoms. The van der Waals surface area contributed by atoms with E-state index in [2.05, 4.69) is 6.58 Å². The predicted molar refractivity (Wildman–Crippen MR) is 71.3 cm³/mol. The van der Waals surface area contributed by atoms with Gasteiger partial charge in [0.2, 0.25) is 0 Å². The van der Waals surface area contributed by atoms with Gasteiger partial charge in [0.15, 0.2) is 0 Å². The summed E-state index contributed by atoms with van der Waals surface area (Å²) in [6, 6.07) is 3.55. The highest BCUT2D eigenvalue weighted by Crippen LogP contribution is 2.25. The van der Waals surface area contributed by atoms with E-state index in [-0.39, 0.29) is 0 Å². The zero-order chi connectivity index (χ0) is 13.2. The van der Waals surface area contributed by atoms with Crippen molar-refractivity contribution >= 4 is 0 Å². The van der Waals surface area contributed by atoms with E-state index in [1.54, 1.807) is 26.0 Å². The fraction of sp³-hybridized carbons (Fsp3) is 0.467. The molecule has 0 unspecified atom stereocenters. The predicted octanol–water partition coefficient (Wildman–Crippen LogP) is 3.27. The number of phenolic OH excluding ortho intramolecular Hbond substituents is 1. The molecule has 1 aromatic carbocycles. The number of rotatable bonds is 4. The Hall–Kier alpha value is -1.28. The van der Waals surface area contributed by atoms with Gasteiger partial charge >= 0.3 is 0 Å². The molecule has 94 valence electrons. The Bertz CT molecular complexity index is 402. The van der Waals surface area contributed by atoms with Gasteiger partial charge in [-0.1, -0.05) is 6.58 Å². The molecule has 0 aromatic heterocycles. The quantitative estimate of drug-likeness (QED) is 0.785. The van der Waals surface area contributed by atoms with Crippen molar-refractivity contribution in [2.45, 2.75) is 46.1 Å². The lowest BCUT2D eigenvalue weighted by molar-refractivity contribution is 0.116. The summed E-state index contributed by atoms with van der Waals surface area (Å²) in [5.41, 5.74) is 3.42. The number of hydrogen-bond donors (Lipinski definition) is 2. The van der Waals surface area contributed by atoms with Crippen LogP contribution in [0.4, 0.5) is 0 Å². The molecule has 2 nitrogen and oxygen atoms in total. The van der Waals surface area contributed by atoms with Crippen LogP contribution >= 0.6 is 0 Å². The normalized spacial score (nSPS) is 11.6. The van der Waals surface area contributed by atoms with Crippen LogP contribution in [0.5, 0.6) is 5.75 Å². The molecule has 1 rings (SSSR count). The summed E-state index contributed by atoms with van der Waals surface area (Å²) in [6.45, 7) is 11.4. The molecule has 0 fully saturated rings. The lowest BCUT2D eigenvalue weighted by Crippen LogP contribution is -2.21. The largest absolute Gasteiger partial charge is 0.508 e. The van der Waals surface area contributed by atoms with Crippen molar-refractivity contribution in [3.8, 4) is 5.75 Å². The number of hydrogen-bond acceptors (Lipinski definition) is 2. The molecule has 0 saturated heterocycles. The summed E-state index contributed by atoms with van der Waals surface area (Å²) in [6.07, 6.45) is 1.61. The van der Waals surface area contributed by atoms with Gasteiger partial charge in [0.05, 0.1) is 5.60 Å². The van der Waals surface area contributed by atoms with Crippen molar-refractivity contribution < 1.29 is 10.2 Å². The van der Waals surface area contributed by atoms with E-state index in [9.17, 15) is 10.2 Å². The number of aliphatic hydroxyl groups is 1. The minimum Gasteiger partial charge on any atom is -0.508 e. The number of aromatic hydroxyl groups is 1. The number of aryl methyl sites for hydroxylation is 2. The summed E-state index contributed by atoms with van der Waals surface area (Å²) in [5.74, 6) is 0.310. The van der Waals surface area contributed by atoms with Crippen LogP contribution in [0.25, 0.3) is 0 Å². The number of benzene rings is 1. The van der Waals surface area contributed by atoms with Gasteiger partial charge in [-0.15, -0.1) is 0 Å². The van der Waals surface area contributed by atoms with Crippen LogP contribution in [0.2, 0.25) is 0 Å². The van der Waals surface area contributed by atoms with E-state index in [4.69, 9.17) is 0 Å². The topological polar surface area (TPSA) is 40.5 Å². The van der Waals surface area contributed by atoms with E-state index < -0.39 is 5.60 Å². The highest BCUT2D eigenvalue weighted by atomic mass is 16.3. The SMILES string of the molecule is C=C(CCc1c(C)cc(O)cc1C)C(C)(C)O. The Balaban J connectivity index is 2.80. The van der Waals surface area contributed by atoms with Crippen LogP contribution in [0, 0.1) is 13.8 Å². The Labute approximate surface area is 104 Å². The molecule has 2 heteroatoms. The second-order valence-electron chi connectivity index (χ2n) is 5.22. The van der Waals surface area contributed by atoms with Gasteiger partial charge < -0.3 is 10.2 Å². The van der Waals surface area contributed by atoms with Crippen molar-refractivity contribution in [2.24, 2.45) is 0 Å². The van der Waals surface area contributed by atoms with Crippen molar-refractivity contribution in [1.29, 1.82) is 0 Å². The maximum Gasteiger partial charge on any atom is 0.116 e. The van der Waals surface area contributed by atoms with Crippen LogP contribution in [0.3, 0.4) is 0 Å². The minimum absolute atomic E-state index is 0.310. The molecule has 0 saturated carbocycles. The van der Waals surface area contributed by atoms with Gasteiger partial charge in [0.25, 0.3) is 0 Å². The van der Waals surface area contributed by atoms with E-state index in [1.165, 1.54) is 5.56 Å². The molecule has 0 aliphatic heterocycles. The Kier molecular flexibility index (Phi) is 3.99. The number of phenols is 1. The summed E-state index contributed by atoms with van der Waals surface area (Å²) < 4.78 is 0. The van der Waals surface area contributed by atoms with Crippen molar-refractivity contribution in [3.63, 3.8) is 0 Å². The summed E-state index contributed by atoms with van der Waals surface area (Å²) in [5, 5.41) is 19.3. The van der Waals surface area contributed by atoms with Gasteiger partial charge in [0.1, 0.15) is 5.75 Å². The average Bonchev–Trinajstić information content (AvgIpc) is 2.13. The second-order valence-corrected chi connectivity index (χ2v) is 5.22. The molecular formula is C15H22O2. The molecule has 0 radical (unpaired) electrons. The highest BCUT2D eigenvalue weighted by molar-refractivity contribution is 5.40. The van der Waals surface area contributed by atoms with Crippen molar-refractivity contribution in [3.05, 3.63) is 41.0 Å². The van der Waals surface area contributed by atoms with Crippen molar-refractivity contribution in [2.75, 3.05) is 0 Å². The standard InChI is InChI=1S/C15H22O2/c1-10-8-13(16)9-11(2)14(10)7-6-12(3)15(4,5)17/h8-9,16-17H,3,6-7H2,1-2,4-5H3. The first-order valence-electron chi connectivity index (χ1n) is 5.91. The zero-order valence-electron chi connectivity index (χ0n) is 11.2. The average molecular weight is 234 g/mol. The first kappa shape index (κ1) is 13.8. The van der Waals surface area contributed by atoms with Crippen LogP contribution in [0.15, 0.2) is 24.3 Å². The third-order valence-electron chi connectivity index (χ3n) is 3.22. The van der Waals surface area contributed by atoms with Crippen LogP contribution in [-0.4, -0.2) is 15.8 Å². The summed E-state index contributed by atoms with van der Waals surface area (Å²) >= 11 is 0. The fourth-order valence-corrected chi connectivity index (χ4v) is 1.95. The fourth-order valence-electron chi connectivity index (χ4n) is 1.95. The minimum atomic E-state index is -0.821. The molecule has 1 aromatic rings. The van der Waals surface area contributed by atoms with E-state index in [1.807, 2.05) is 13.8 Å². The van der Waals surface area contributed by atoms with Gasteiger partial charge in [-0.3, -0.25) is 0 Å². The third-order valence-corrected chi connectivity index (χ3v) is 3.22. The second kappa shape index (κ2) is 4.92. The maximum atomic E-state index is 9.81. The molecular weight excluding hydrogens is 212 g/mol. The van der Waals surface area contributed by atoms with Crippen molar-refractivity contribution in [1.82, 2.24) is 0 Å². The van der Waals surface area contributed by atoms with Gasteiger partial charge in [0, 0.05) is 0 Å². The van der Waals surface area contributed by atoms with Gasteiger partial charge in [-0.25, -0.2) is 0 Å². The Morgan fingerprint density at radius 3 is 2.12 bits per heavy atom. The Morgan fingerprint density at radius 2 is 1.71 bits per heavy atom. The molecule has 0 aliphatic carbocycles. The molecule has 0 atom stereocenters.